The van der Waals surface area contributed by atoms with E-state index in [1.165, 1.54) is 11.1 Å². The van der Waals surface area contributed by atoms with Gasteiger partial charge >= 0.3 is 5.97 Å². The minimum Gasteiger partial charge on any atom is -0.488 e. The Bertz CT molecular complexity index is 1060. The molecule has 36 heavy (non-hydrogen) atoms. The molecule has 0 saturated heterocycles. The number of fused-ring (bicyclic) bond motifs is 1. The molecule has 0 bridgehead atoms. The van der Waals surface area contributed by atoms with E-state index in [-0.39, 0.29) is 24.5 Å². The van der Waals surface area contributed by atoms with Gasteiger partial charge in [-0.05, 0) is 80.7 Å². The van der Waals surface area contributed by atoms with Crippen LogP contribution >= 0.6 is 11.9 Å². The number of hydrazine groups is 1. The molecule has 0 amide bonds. The summed E-state index contributed by atoms with van der Waals surface area (Å²) in [6.07, 6.45) is 7.59. The van der Waals surface area contributed by atoms with E-state index in [0.717, 1.165) is 35.7 Å². The van der Waals surface area contributed by atoms with E-state index in [2.05, 4.69) is 35.3 Å². The van der Waals surface area contributed by atoms with E-state index in [4.69, 9.17) is 16.3 Å². The van der Waals surface area contributed by atoms with Gasteiger partial charge in [0.05, 0.1) is 11.3 Å². The van der Waals surface area contributed by atoms with E-state index in [9.17, 15) is 9.90 Å². The monoisotopic (exact) mass is 513 g/mol. The minimum absolute atomic E-state index is 0.0511. The van der Waals surface area contributed by atoms with Crippen molar-refractivity contribution in [3.05, 3.63) is 65.2 Å². The number of carboxylic acid groups (broad SMARTS) is 1. The zero-order valence-corrected chi connectivity index (χ0v) is 22.5. The second kappa shape index (κ2) is 13.0. The van der Waals surface area contributed by atoms with Crippen LogP contribution < -0.4 is 16.3 Å². The van der Waals surface area contributed by atoms with E-state index in [0.29, 0.717) is 18.5 Å². The normalized spacial score (nSPS) is 17.3. The fraction of sp³-hybridized carbons (Fsp3) is 0.481. The van der Waals surface area contributed by atoms with Crippen molar-refractivity contribution in [1.29, 1.82) is 0 Å². The standard InChI is InChI=1S/C27H39N5O3S/c1-5-24-17-31(36-26-14-30-11-10-25(26)35-24)15-22-12-20(7-6-19(22)4)21(13-27(33)34)8-9-23(28)16-32(29)18(2)3/h6-7,10-12,14,16,18,21,24H,5,8-9,13,15,17,28-29H2,1-4H3,(H,33,34)/b23-16-/t21?,24-/m1/s1. The molecule has 1 aromatic carbocycles. The van der Waals surface area contributed by atoms with Gasteiger partial charge in [0.25, 0.3) is 0 Å². The van der Waals surface area contributed by atoms with Crippen LogP contribution in [0, 0.1) is 6.92 Å². The molecule has 2 heterocycles. The number of nitrogens with two attached hydrogens (primary N) is 2. The molecular formula is C27H39N5O3S. The lowest BCUT2D eigenvalue weighted by molar-refractivity contribution is -0.137. The van der Waals surface area contributed by atoms with Crippen molar-refractivity contribution in [2.45, 2.75) is 82.9 Å². The number of pyridine rings is 1. The molecule has 2 aromatic rings. The van der Waals surface area contributed by atoms with Gasteiger partial charge in [-0.2, -0.15) is 0 Å². The zero-order valence-electron chi connectivity index (χ0n) is 21.7. The molecule has 0 aliphatic carbocycles. The third kappa shape index (κ3) is 7.88. The Morgan fingerprint density at radius 3 is 2.86 bits per heavy atom. The topological polar surface area (TPSA) is 118 Å². The molecule has 0 spiro atoms. The fourth-order valence-electron chi connectivity index (χ4n) is 4.11. The van der Waals surface area contributed by atoms with E-state index >= 15 is 0 Å². The number of hydrogen-bond acceptors (Lipinski definition) is 8. The second-order valence-electron chi connectivity index (χ2n) is 9.65. The highest BCUT2D eigenvalue weighted by Crippen LogP contribution is 2.37. The second-order valence-corrected chi connectivity index (χ2v) is 10.8. The van der Waals surface area contributed by atoms with Crippen molar-refractivity contribution < 1.29 is 14.6 Å². The Kier molecular flexibility index (Phi) is 10.0. The van der Waals surface area contributed by atoms with Crippen LogP contribution in [0.1, 0.15) is 69.1 Å². The van der Waals surface area contributed by atoms with Crippen molar-refractivity contribution in [2.75, 3.05) is 6.54 Å². The summed E-state index contributed by atoms with van der Waals surface area (Å²) in [7, 11) is 0. The predicted molar refractivity (Wildman–Crippen MR) is 144 cm³/mol. The van der Waals surface area contributed by atoms with Gasteiger partial charge in [0, 0.05) is 43.4 Å². The highest BCUT2D eigenvalue weighted by atomic mass is 32.2. The average Bonchev–Trinajstić information content (AvgIpc) is 3.01. The SMILES string of the molecule is CC[C@@H]1CN(Cc2cc(C(CC/C(N)=C/N(N)C(C)C)CC(=O)O)ccc2C)Sc2cnccc2O1. The van der Waals surface area contributed by atoms with Gasteiger partial charge in [-0.25, -0.2) is 10.1 Å². The van der Waals surface area contributed by atoms with Crippen LogP contribution in [-0.2, 0) is 11.3 Å². The van der Waals surface area contributed by atoms with Crippen molar-refractivity contribution in [1.82, 2.24) is 14.3 Å². The van der Waals surface area contributed by atoms with Gasteiger partial charge in [0.1, 0.15) is 11.9 Å². The summed E-state index contributed by atoms with van der Waals surface area (Å²) >= 11 is 1.66. The molecule has 1 aliphatic rings. The Hall–Kier alpha value is -2.75. The number of benzene rings is 1. The first-order chi connectivity index (χ1) is 17.2. The molecule has 1 aromatic heterocycles. The van der Waals surface area contributed by atoms with Crippen LogP contribution in [0.5, 0.6) is 5.75 Å². The number of carboxylic acids is 1. The highest BCUT2D eigenvalue weighted by molar-refractivity contribution is 7.97. The number of rotatable bonds is 11. The lowest BCUT2D eigenvalue weighted by Gasteiger charge is -2.24. The zero-order chi connectivity index (χ0) is 26.2. The summed E-state index contributed by atoms with van der Waals surface area (Å²) < 4.78 is 8.52. The van der Waals surface area contributed by atoms with Gasteiger partial charge < -0.3 is 20.6 Å². The average molecular weight is 514 g/mol. The summed E-state index contributed by atoms with van der Waals surface area (Å²) in [6.45, 7) is 9.70. The molecule has 8 nitrogen and oxygen atoms in total. The number of hydrogen-bond donors (Lipinski definition) is 3. The van der Waals surface area contributed by atoms with Crippen molar-refractivity contribution in [3.63, 3.8) is 0 Å². The maximum absolute atomic E-state index is 11.7. The van der Waals surface area contributed by atoms with E-state index < -0.39 is 5.97 Å². The third-order valence-corrected chi connectivity index (χ3v) is 7.47. The summed E-state index contributed by atoms with van der Waals surface area (Å²) in [5.41, 5.74) is 10.2. The van der Waals surface area contributed by atoms with Crippen molar-refractivity contribution in [2.24, 2.45) is 11.6 Å². The molecule has 5 N–H and O–H groups in total. The van der Waals surface area contributed by atoms with E-state index in [1.54, 1.807) is 29.4 Å². The van der Waals surface area contributed by atoms with Crippen LogP contribution in [0.3, 0.4) is 0 Å². The molecule has 3 rings (SSSR count). The number of allylic oxidation sites excluding steroid dienone is 1. The number of aromatic nitrogens is 1. The lowest BCUT2D eigenvalue weighted by atomic mass is 9.88. The summed E-state index contributed by atoms with van der Waals surface area (Å²) in [6, 6.07) is 8.34. The molecule has 1 aliphatic heterocycles. The Morgan fingerprint density at radius 2 is 2.17 bits per heavy atom. The molecular weight excluding hydrogens is 474 g/mol. The molecule has 0 fully saturated rings. The predicted octanol–water partition coefficient (Wildman–Crippen LogP) is 4.79. The summed E-state index contributed by atoms with van der Waals surface area (Å²) in [4.78, 5) is 17.0. The molecule has 2 atom stereocenters. The fourth-order valence-corrected chi connectivity index (χ4v) is 5.15. The highest BCUT2D eigenvalue weighted by Gasteiger charge is 2.24. The van der Waals surface area contributed by atoms with Crippen LogP contribution in [0.25, 0.3) is 0 Å². The third-order valence-electron chi connectivity index (χ3n) is 6.44. The van der Waals surface area contributed by atoms with Crippen LogP contribution in [0.4, 0.5) is 0 Å². The van der Waals surface area contributed by atoms with Gasteiger partial charge in [0.15, 0.2) is 0 Å². The summed E-state index contributed by atoms with van der Waals surface area (Å²) in [5, 5.41) is 11.2. The first kappa shape index (κ1) is 27.8. The Morgan fingerprint density at radius 1 is 1.39 bits per heavy atom. The van der Waals surface area contributed by atoms with Crippen LogP contribution in [0.15, 0.2) is 53.5 Å². The van der Waals surface area contributed by atoms with Crippen molar-refractivity contribution in [3.8, 4) is 5.75 Å². The van der Waals surface area contributed by atoms with Crippen molar-refractivity contribution >= 4 is 17.9 Å². The number of nitrogens with zero attached hydrogens (tertiary/aromatic N) is 3. The Labute approximate surface area is 218 Å². The first-order valence-corrected chi connectivity index (χ1v) is 13.3. The number of aliphatic carboxylic acids is 1. The minimum atomic E-state index is -0.817. The molecule has 0 saturated carbocycles. The Balaban J connectivity index is 1.79. The number of carbonyl (C=O) groups is 1. The maximum atomic E-state index is 11.7. The molecule has 1 unspecified atom stereocenters. The maximum Gasteiger partial charge on any atom is 0.303 e. The quantitative estimate of drug-likeness (QED) is 0.221. The summed E-state index contributed by atoms with van der Waals surface area (Å²) in [5.74, 6) is 5.87. The lowest BCUT2D eigenvalue weighted by Crippen LogP contribution is -2.33. The molecule has 0 radical (unpaired) electrons. The van der Waals surface area contributed by atoms with Gasteiger partial charge in [-0.15, -0.1) is 0 Å². The van der Waals surface area contributed by atoms with Gasteiger partial charge in [-0.1, -0.05) is 25.1 Å². The van der Waals surface area contributed by atoms with Gasteiger partial charge in [0.2, 0.25) is 0 Å². The van der Waals surface area contributed by atoms with E-state index in [1.807, 2.05) is 32.2 Å². The van der Waals surface area contributed by atoms with Crippen LogP contribution in [0.2, 0.25) is 0 Å². The smallest absolute Gasteiger partial charge is 0.303 e. The molecule has 9 heteroatoms. The largest absolute Gasteiger partial charge is 0.488 e. The molecule has 196 valence electrons. The van der Waals surface area contributed by atoms with Crippen LogP contribution in [-0.4, -0.2) is 44.1 Å². The number of ether oxygens (including phenoxy) is 1. The van der Waals surface area contributed by atoms with Gasteiger partial charge in [-0.3, -0.25) is 9.78 Å². The number of aryl methyl sites for hydroxylation is 1. The first-order valence-electron chi connectivity index (χ1n) is 12.5.